The Morgan fingerprint density at radius 1 is 1.05 bits per heavy atom. The van der Waals surface area contributed by atoms with Crippen molar-refractivity contribution in [3.8, 4) is 0 Å². The lowest BCUT2D eigenvalue weighted by atomic mass is 10.0. The van der Waals surface area contributed by atoms with Crippen molar-refractivity contribution in [2.24, 2.45) is 5.73 Å². The van der Waals surface area contributed by atoms with E-state index >= 15 is 0 Å². The Kier molecular flexibility index (Phi) is 5.76. The predicted octanol–water partition coefficient (Wildman–Crippen LogP) is 3.03. The molecule has 4 N–H and O–H groups in total. The van der Waals surface area contributed by atoms with Crippen LogP contribution in [0.4, 0.5) is 10.5 Å². The smallest absolute Gasteiger partial charge is 0.312 e. The first-order chi connectivity index (χ1) is 10.5. The van der Waals surface area contributed by atoms with Crippen LogP contribution in [0.15, 0.2) is 54.6 Å². The van der Waals surface area contributed by atoms with Crippen LogP contribution in [0, 0.1) is 3.57 Å². The van der Waals surface area contributed by atoms with Crippen molar-refractivity contribution in [2.45, 2.75) is 12.5 Å². The van der Waals surface area contributed by atoms with E-state index in [9.17, 15) is 9.59 Å². The molecule has 2 rings (SSSR count). The van der Waals surface area contributed by atoms with Crippen molar-refractivity contribution in [3.05, 3.63) is 63.7 Å². The highest BCUT2D eigenvalue weighted by Crippen LogP contribution is 2.18. The molecule has 1 unspecified atom stereocenters. The molecule has 0 aliphatic carbocycles. The molecule has 0 saturated heterocycles. The van der Waals surface area contributed by atoms with E-state index in [1.54, 1.807) is 0 Å². The van der Waals surface area contributed by atoms with E-state index in [1.165, 1.54) is 0 Å². The van der Waals surface area contributed by atoms with E-state index in [0.717, 1.165) is 14.8 Å². The molecule has 5 nitrogen and oxygen atoms in total. The van der Waals surface area contributed by atoms with E-state index < -0.39 is 12.1 Å². The third-order valence-corrected chi connectivity index (χ3v) is 3.76. The fourth-order valence-electron chi connectivity index (χ4n) is 2.04. The average molecular weight is 409 g/mol. The molecule has 0 saturated carbocycles. The fourth-order valence-corrected chi connectivity index (χ4v) is 2.40. The minimum atomic E-state index is -0.657. The third-order valence-electron chi connectivity index (χ3n) is 3.04. The van der Waals surface area contributed by atoms with Gasteiger partial charge < -0.3 is 16.4 Å². The highest BCUT2D eigenvalue weighted by Gasteiger charge is 2.17. The summed E-state index contributed by atoms with van der Waals surface area (Å²) in [7, 11) is 0. The van der Waals surface area contributed by atoms with Crippen molar-refractivity contribution in [2.75, 3.05) is 5.32 Å². The second kappa shape index (κ2) is 7.79. The Hall–Kier alpha value is -2.09. The number of amides is 3. The Morgan fingerprint density at radius 3 is 2.27 bits per heavy atom. The van der Waals surface area contributed by atoms with Crippen LogP contribution in [0.1, 0.15) is 18.0 Å². The zero-order valence-electron chi connectivity index (χ0n) is 11.8. The molecular weight excluding hydrogens is 393 g/mol. The Labute approximate surface area is 142 Å². The molecule has 0 aliphatic rings. The number of nitrogens with two attached hydrogens (primary N) is 1. The van der Waals surface area contributed by atoms with Gasteiger partial charge in [0.05, 0.1) is 12.5 Å². The van der Waals surface area contributed by atoms with E-state index in [2.05, 4.69) is 33.2 Å². The summed E-state index contributed by atoms with van der Waals surface area (Å²) in [6.45, 7) is 0. The van der Waals surface area contributed by atoms with Gasteiger partial charge in [-0.15, -0.1) is 0 Å². The molecule has 1 atom stereocenters. The highest BCUT2D eigenvalue weighted by molar-refractivity contribution is 14.1. The van der Waals surface area contributed by atoms with Crippen molar-refractivity contribution >= 4 is 40.2 Å². The number of carbonyl (C=O) groups is 2. The van der Waals surface area contributed by atoms with Crippen LogP contribution in [0.25, 0.3) is 0 Å². The lowest BCUT2D eigenvalue weighted by Gasteiger charge is -2.17. The van der Waals surface area contributed by atoms with Crippen LogP contribution >= 0.6 is 22.6 Å². The summed E-state index contributed by atoms with van der Waals surface area (Å²) in [5, 5.41) is 5.41. The molecule has 0 aromatic heterocycles. The molecular formula is C16H16IN3O2. The van der Waals surface area contributed by atoms with Gasteiger partial charge in [0.25, 0.3) is 0 Å². The molecule has 0 heterocycles. The zero-order valence-corrected chi connectivity index (χ0v) is 13.9. The van der Waals surface area contributed by atoms with Gasteiger partial charge in [-0.2, -0.15) is 0 Å². The fraction of sp³-hybridized carbons (Fsp3) is 0.125. The van der Waals surface area contributed by atoms with E-state index in [1.807, 2.05) is 54.6 Å². The van der Waals surface area contributed by atoms with Crippen LogP contribution in [0.5, 0.6) is 0 Å². The van der Waals surface area contributed by atoms with Gasteiger partial charge in [-0.05, 0) is 52.4 Å². The summed E-state index contributed by atoms with van der Waals surface area (Å²) in [4.78, 5) is 23.3. The van der Waals surface area contributed by atoms with Gasteiger partial charge in [-0.1, -0.05) is 30.3 Å². The zero-order chi connectivity index (χ0) is 15.9. The maximum Gasteiger partial charge on any atom is 0.312 e. The van der Waals surface area contributed by atoms with Gasteiger partial charge in [-0.25, -0.2) is 4.79 Å². The number of hydrogen-bond acceptors (Lipinski definition) is 2. The second-order valence-corrected chi connectivity index (χ2v) is 5.98. The monoisotopic (exact) mass is 409 g/mol. The van der Waals surface area contributed by atoms with E-state index in [0.29, 0.717) is 0 Å². The summed E-state index contributed by atoms with van der Waals surface area (Å²) in [5.74, 6) is -0.191. The Balaban J connectivity index is 2.04. The number of anilines is 1. The van der Waals surface area contributed by atoms with Gasteiger partial charge >= 0.3 is 6.03 Å². The van der Waals surface area contributed by atoms with Crippen molar-refractivity contribution < 1.29 is 9.59 Å². The summed E-state index contributed by atoms with van der Waals surface area (Å²) >= 11 is 2.20. The number of carbonyl (C=O) groups excluding carboxylic acids is 2. The highest BCUT2D eigenvalue weighted by atomic mass is 127. The Morgan fingerprint density at radius 2 is 1.68 bits per heavy atom. The maximum absolute atomic E-state index is 12.2. The van der Waals surface area contributed by atoms with Crippen LogP contribution in [0.3, 0.4) is 0 Å². The molecule has 2 aromatic rings. The quantitative estimate of drug-likeness (QED) is 0.664. The normalized spacial score (nSPS) is 11.5. The minimum Gasteiger partial charge on any atom is -0.352 e. The standard InChI is InChI=1S/C16H16IN3O2/c17-12-6-8-13(9-7-12)19-15(21)10-14(20-16(18)22)11-4-2-1-3-5-11/h1-9,14H,10H2,(H,19,21)(H3,18,20,22). The SMILES string of the molecule is NC(=O)NC(CC(=O)Nc1ccc(I)cc1)c1ccccc1. The van der Waals surface area contributed by atoms with Gasteiger partial charge in [0.1, 0.15) is 0 Å². The van der Waals surface area contributed by atoms with E-state index in [4.69, 9.17) is 5.73 Å². The molecule has 3 amide bonds. The van der Waals surface area contributed by atoms with Crippen LogP contribution < -0.4 is 16.4 Å². The second-order valence-electron chi connectivity index (χ2n) is 4.73. The summed E-state index contributed by atoms with van der Waals surface area (Å²) in [6.07, 6.45) is 0.110. The molecule has 114 valence electrons. The first-order valence-electron chi connectivity index (χ1n) is 6.71. The largest absolute Gasteiger partial charge is 0.352 e. The van der Waals surface area contributed by atoms with Gasteiger partial charge in [0, 0.05) is 9.26 Å². The average Bonchev–Trinajstić information content (AvgIpc) is 2.49. The van der Waals surface area contributed by atoms with Gasteiger partial charge in [0.15, 0.2) is 0 Å². The number of rotatable bonds is 5. The molecule has 0 fully saturated rings. The molecule has 2 aromatic carbocycles. The molecule has 0 aliphatic heterocycles. The number of nitrogens with one attached hydrogen (secondary N) is 2. The van der Waals surface area contributed by atoms with Crippen LogP contribution in [-0.2, 0) is 4.79 Å². The third kappa shape index (κ3) is 5.03. The first kappa shape index (κ1) is 16.3. The molecule has 22 heavy (non-hydrogen) atoms. The molecule has 0 spiro atoms. The lowest BCUT2D eigenvalue weighted by molar-refractivity contribution is -0.116. The molecule has 0 bridgehead atoms. The number of halogens is 1. The molecule has 0 radical (unpaired) electrons. The van der Waals surface area contributed by atoms with Gasteiger partial charge in [-0.3, -0.25) is 4.79 Å². The summed E-state index contributed by atoms with van der Waals surface area (Å²) < 4.78 is 1.09. The van der Waals surface area contributed by atoms with Crippen molar-refractivity contribution in [3.63, 3.8) is 0 Å². The number of hydrogen-bond donors (Lipinski definition) is 3. The topological polar surface area (TPSA) is 84.2 Å². The maximum atomic E-state index is 12.2. The van der Waals surface area contributed by atoms with Crippen LogP contribution in [-0.4, -0.2) is 11.9 Å². The van der Waals surface area contributed by atoms with E-state index in [-0.39, 0.29) is 12.3 Å². The van der Waals surface area contributed by atoms with Crippen LogP contribution in [0.2, 0.25) is 0 Å². The van der Waals surface area contributed by atoms with Crippen molar-refractivity contribution in [1.29, 1.82) is 0 Å². The first-order valence-corrected chi connectivity index (χ1v) is 7.79. The summed E-state index contributed by atoms with van der Waals surface area (Å²) in [6, 6.07) is 15.6. The predicted molar refractivity (Wildman–Crippen MR) is 94.3 cm³/mol. The van der Waals surface area contributed by atoms with Crippen molar-refractivity contribution in [1.82, 2.24) is 5.32 Å². The number of urea groups is 1. The number of primary amides is 1. The Bertz CT molecular complexity index is 644. The van der Waals surface area contributed by atoms with Gasteiger partial charge in [0.2, 0.25) is 5.91 Å². The molecule has 6 heteroatoms. The summed E-state index contributed by atoms with van der Waals surface area (Å²) in [5.41, 5.74) is 6.74. The number of benzene rings is 2. The minimum absolute atomic E-state index is 0.110. The lowest BCUT2D eigenvalue weighted by Crippen LogP contribution is -2.35.